The van der Waals surface area contributed by atoms with Crippen LogP contribution in [0.4, 0.5) is 24.5 Å². The summed E-state index contributed by atoms with van der Waals surface area (Å²) in [6, 6.07) is 6.39. The molecule has 1 atom stereocenters. The van der Waals surface area contributed by atoms with Gasteiger partial charge in [0.05, 0.1) is 29.1 Å². The van der Waals surface area contributed by atoms with Crippen LogP contribution in [0.1, 0.15) is 22.8 Å². The van der Waals surface area contributed by atoms with E-state index in [2.05, 4.69) is 55.6 Å². The number of aromatic nitrogens is 1. The zero-order valence-electron chi connectivity index (χ0n) is 17.6. The fourth-order valence-electron chi connectivity index (χ4n) is 3.42. The van der Waals surface area contributed by atoms with Crippen LogP contribution in [0, 0.1) is 0 Å². The number of alkyl halides is 3. The van der Waals surface area contributed by atoms with Crippen molar-refractivity contribution in [2.75, 3.05) is 49.3 Å². The summed E-state index contributed by atoms with van der Waals surface area (Å²) in [6.45, 7) is 4.50. The standard InChI is InChI=1S/C21H24BrF3N4O2S/c1-13-12-29(6-5-28(13)2)18-4-3-14(22)9-17(18)27-20(30)15-11-26-19(31-7-8-32)10-16(15)21(23,24)25/h3-4,9-11,13,32H,5-8,12H2,1-2H3,(H,27,30)/t13-/m0/s1. The van der Waals surface area contributed by atoms with Gasteiger partial charge in [-0.15, -0.1) is 0 Å². The van der Waals surface area contributed by atoms with E-state index in [-0.39, 0.29) is 12.5 Å². The van der Waals surface area contributed by atoms with Gasteiger partial charge in [-0.25, -0.2) is 4.98 Å². The van der Waals surface area contributed by atoms with Gasteiger partial charge >= 0.3 is 6.18 Å². The van der Waals surface area contributed by atoms with Crippen molar-refractivity contribution in [2.45, 2.75) is 19.1 Å². The fourth-order valence-corrected chi connectivity index (χ4v) is 3.87. The maximum absolute atomic E-state index is 13.7. The summed E-state index contributed by atoms with van der Waals surface area (Å²) in [7, 11) is 2.04. The first-order valence-corrected chi connectivity index (χ1v) is 11.4. The lowest BCUT2D eigenvalue weighted by molar-refractivity contribution is -0.138. The number of pyridine rings is 1. The van der Waals surface area contributed by atoms with Crippen LogP contribution in [0.3, 0.4) is 0 Å². The van der Waals surface area contributed by atoms with Gasteiger partial charge in [-0.2, -0.15) is 25.8 Å². The Labute approximate surface area is 198 Å². The molecule has 1 amide bonds. The highest BCUT2D eigenvalue weighted by atomic mass is 79.9. The van der Waals surface area contributed by atoms with Crippen LogP contribution in [-0.4, -0.2) is 60.9 Å². The zero-order valence-corrected chi connectivity index (χ0v) is 20.1. The molecular weight excluding hydrogens is 509 g/mol. The molecule has 6 nitrogen and oxygen atoms in total. The van der Waals surface area contributed by atoms with Gasteiger partial charge in [-0.1, -0.05) is 15.9 Å². The number of thiol groups is 1. The molecule has 32 heavy (non-hydrogen) atoms. The molecule has 1 fully saturated rings. The lowest BCUT2D eigenvalue weighted by Crippen LogP contribution is -2.50. The number of nitrogens with one attached hydrogen (secondary N) is 1. The summed E-state index contributed by atoms with van der Waals surface area (Å²) in [5.74, 6) is -0.786. The number of carbonyl (C=O) groups is 1. The third-order valence-electron chi connectivity index (χ3n) is 5.28. The number of anilines is 2. The summed E-state index contributed by atoms with van der Waals surface area (Å²) < 4.78 is 46.8. The van der Waals surface area contributed by atoms with Crippen molar-refractivity contribution in [2.24, 2.45) is 0 Å². The van der Waals surface area contributed by atoms with Gasteiger partial charge < -0.3 is 19.9 Å². The number of hydrogen-bond donors (Lipinski definition) is 2. The van der Waals surface area contributed by atoms with Crippen LogP contribution in [0.25, 0.3) is 0 Å². The summed E-state index contributed by atoms with van der Waals surface area (Å²) >= 11 is 7.34. The SMILES string of the molecule is C[C@H]1CN(c2ccc(Br)cc2NC(=O)c2cnc(OCCS)cc2C(F)(F)F)CCN1C. The van der Waals surface area contributed by atoms with Crippen molar-refractivity contribution in [3.8, 4) is 5.88 Å². The maximum Gasteiger partial charge on any atom is 0.417 e. The number of piperazine rings is 1. The number of ether oxygens (including phenoxy) is 1. The Hall–Kier alpha value is -1.98. The average molecular weight is 533 g/mol. The van der Waals surface area contributed by atoms with Crippen LogP contribution in [0.5, 0.6) is 5.88 Å². The molecule has 2 heterocycles. The molecule has 1 saturated heterocycles. The first kappa shape index (κ1) is 24.7. The number of nitrogens with zero attached hydrogens (tertiary/aromatic N) is 3. The Morgan fingerprint density at radius 3 is 2.75 bits per heavy atom. The number of likely N-dealkylation sites (N-methyl/N-ethyl adjacent to an activating group) is 1. The highest BCUT2D eigenvalue weighted by Crippen LogP contribution is 2.35. The van der Waals surface area contributed by atoms with Crippen molar-refractivity contribution in [1.82, 2.24) is 9.88 Å². The topological polar surface area (TPSA) is 57.7 Å². The Kier molecular flexibility index (Phi) is 7.94. The van der Waals surface area contributed by atoms with Crippen molar-refractivity contribution < 1.29 is 22.7 Å². The quantitative estimate of drug-likeness (QED) is 0.534. The summed E-state index contributed by atoms with van der Waals surface area (Å²) in [4.78, 5) is 21.1. The van der Waals surface area contributed by atoms with Gasteiger partial charge in [0, 0.05) is 48.2 Å². The molecule has 2 aromatic rings. The number of hydrogen-bond acceptors (Lipinski definition) is 6. The molecule has 0 radical (unpaired) electrons. The van der Waals surface area contributed by atoms with E-state index in [9.17, 15) is 18.0 Å². The molecule has 3 rings (SSSR count). The Morgan fingerprint density at radius 1 is 1.34 bits per heavy atom. The smallest absolute Gasteiger partial charge is 0.417 e. The molecule has 1 aliphatic heterocycles. The molecule has 1 aromatic heterocycles. The Balaban J connectivity index is 1.91. The second-order valence-corrected chi connectivity index (χ2v) is 8.89. The number of rotatable bonds is 6. The van der Waals surface area contributed by atoms with E-state index in [1.165, 1.54) is 0 Å². The highest BCUT2D eigenvalue weighted by Gasteiger charge is 2.36. The van der Waals surface area contributed by atoms with Crippen LogP contribution in [-0.2, 0) is 6.18 Å². The van der Waals surface area contributed by atoms with Crippen molar-refractivity contribution in [1.29, 1.82) is 0 Å². The van der Waals surface area contributed by atoms with Gasteiger partial charge in [0.25, 0.3) is 5.91 Å². The van der Waals surface area contributed by atoms with Gasteiger partial charge in [0.1, 0.15) is 0 Å². The summed E-state index contributed by atoms with van der Waals surface area (Å²) in [6.07, 6.45) is -3.86. The minimum absolute atomic E-state index is 0.101. The lowest BCUT2D eigenvalue weighted by atomic mass is 10.1. The second-order valence-electron chi connectivity index (χ2n) is 7.53. The molecule has 1 aliphatic rings. The molecule has 0 aliphatic carbocycles. The maximum atomic E-state index is 13.7. The molecule has 11 heteroatoms. The van der Waals surface area contributed by atoms with E-state index in [4.69, 9.17) is 4.74 Å². The molecule has 1 N–H and O–H groups in total. The van der Waals surface area contributed by atoms with E-state index >= 15 is 0 Å². The van der Waals surface area contributed by atoms with Crippen molar-refractivity contribution in [3.63, 3.8) is 0 Å². The number of benzene rings is 1. The normalized spacial score (nSPS) is 17.3. The summed E-state index contributed by atoms with van der Waals surface area (Å²) in [5.41, 5.74) is -0.515. The van der Waals surface area contributed by atoms with Gasteiger partial charge in [0.2, 0.25) is 5.88 Å². The fraction of sp³-hybridized carbons (Fsp3) is 0.429. The lowest BCUT2D eigenvalue weighted by Gasteiger charge is -2.39. The molecule has 0 spiro atoms. The molecule has 0 bridgehead atoms. The molecule has 0 unspecified atom stereocenters. The first-order valence-electron chi connectivity index (χ1n) is 9.97. The van der Waals surface area contributed by atoms with Crippen molar-refractivity contribution in [3.05, 3.63) is 46.1 Å². The third kappa shape index (κ3) is 5.87. The van der Waals surface area contributed by atoms with Crippen LogP contribution in [0.15, 0.2) is 34.9 Å². The van der Waals surface area contributed by atoms with E-state index in [1.807, 2.05) is 19.2 Å². The number of amides is 1. The van der Waals surface area contributed by atoms with Crippen LogP contribution < -0.4 is 15.0 Å². The van der Waals surface area contributed by atoms with Crippen LogP contribution >= 0.6 is 28.6 Å². The minimum Gasteiger partial charge on any atom is -0.477 e. The largest absolute Gasteiger partial charge is 0.477 e. The Morgan fingerprint density at radius 2 is 2.09 bits per heavy atom. The first-order chi connectivity index (χ1) is 15.1. The average Bonchev–Trinajstić information content (AvgIpc) is 2.73. The molecule has 0 saturated carbocycles. The number of halogens is 4. The van der Waals surface area contributed by atoms with Gasteiger partial charge in [0.15, 0.2) is 0 Å². The van der Waals surface area contributed by atoms with Gasteiger partial charge in [-0.3, -0.25) is 4.79 Å². The third-order valence-corrected chi connectivity index (χ3v) is 5.95. The molecule has 174 valence electrons. The predicted molar refractivity (Wildman–Crippen MR) is 125 cm³/mol. The van der Waals surface area contributed by atoms with Gasteiger partial charge in [-0.05, 0) is 32.2 Å². The van der Waals surface area contributed by atoms with E-state index in [0.717, 1.165) is 37.6 Å². The molecule has 1 aromatic carbocycles. The Bertz CT molecular complexity index is 977. The predicted octanol–water partition coefficient (Wildman–Crippen LogP) is 4.56. The summed E-state index contributed by atoms with van der Waals surface area (Å²) in [5, 5.41) is 2.65. The highest BCUT2D eigenvalue weighted by molar-refractivity contribution is 9.10. The zero-order chi connectivity index (χ0) is 23.5. The van der Waals surface area contributed by atoms with E-state index < -0.39 is 23.2 Å². The van der Waals surface area contributed by atoms with Crippen molar-refractivity contribution >= 4 is 45.8 Å². The van der Waals surface area contributed by atoms with Crippen LogP contribution in [0.2, 0.25) is 0 Å². The minimum atomic E-state index is -4.75. The molecular formula is C21H24BrF3N4O2S. The van der Waals surface area contributed by atoms with E-state index in [1.54, 1.807) is 6.07 Å². The monoisotopic (exact) mass is 532 g/mol. The second kappa shape index (κ2) is 10.3. The van der Waals surface area contributed by atoms with E-state index in [0.29, 0.717) is 22.0 Å². The number of carbonyl (C=O) groups excluding carboxylic acids is 1.